The standard InChI is InChI=1S/C19H27IO/c1-11-9-13(21)10-12-3-4-14-15(18(11)12)7-8-19(2)16(14)5-6-17(19)20/h3,6,11,13-16,18,21H,4-5,7-10H2,1-2H3/t11-,13+,14-,15+,16+,18?,19+/m1/s1. The summed E-state index contributed by atoms with van der Waals surface area (Å²) in [5.41, 5.74) is 2.08. The van der Waals surface area contributed by atoms with E-state index >= 15 is 0 Å². The molecular formula is C19H27IO. The van der Waals surface area contributed by atoms with Gasteiger partial charge in [0, 0.05) is 5.41 Å². The second-order valence-corrected chi connectivity index (χ2v) is 9.45. The van der Waals surface area contributed by atoms with Gasteiger partial charge in [0.2, 0.25) is 0 Å². The van der Waals surface area contributed by atoms with E-state index in [9.17, 15) is 5.11 Å². The highest BCUT2D eigenvalue weighted by atomic mass is 127. The minimum Gasteiger partial charge on any atom is -0.393 e. The van der Waals surface area contributed by atoms with Gasteiger partial charge in [-0.1, -0.05) is 31.6 Å². The molecule has 2 saturated carbocycles. The van der Waals surface area contributed by atoms with Crippen molar-refractivity contribution in [1.82, 2.24) is 0 Å². The van der Waals surface area contributed by atoms with Crippen molar-refractivity contribution in [2.75, 3.05) is 0 Å². The van der Waals surface area contributed by atoms with Gasteiger partial charge in [-0.15, -0.1) is 0 Å². The minimum absolute atomic E-state index is 0.0815. The maximum absolute atomic E-state index is 10.1. The second-order valence-electron chi connectivity index (χ2n) is 8.29. The third-order valence-electron chi connectivity index (χ3n) is 7.25. The predicted molar refractivity (Wildman–Crippen MR) is 95.1 cm³/mol. The van der Waals surface area contributed by atoms with Crippen molar-refractivity contribution >= 4 is 22.6 Å². The van der Waals surface area contributed by atoms with Crippen LogP contribution in [0.3, 0.4) is 0 Å². The number of halogens is 1. The summed E-state index contributed by atoms with van der Waals surface area (Å²) in [6.07, 6.45) is 12.3. The SMILES string of the molecule is C[C@@H]1C[C@H](O)CC2=CC[C@@H]3[C@H](CC[C@]4(C)C(I)=CC[C@@H]34)C21. The van der Waals surface area contributed by atoms with Crippen LogP contribution in [0.1, 0.15) is 52.4 Å². The molecule has 1 N–H and O–H groups in total. The number of rotatable bonds is 0. The summed E-state index contributed by atoms with van der Waals surface area (Å²) >= 11 is 2.60. The van der Waals surface area contributed by atoms with Gasteiger partial charge in [0.1, 0.15) is 0 Å². The molecule has 0 amide bonds. The molecule has 4 aliphatic carbocycles. The summed E-state index contributed by atoms with van der Waals surface area (Å²) < 4.78 is 1.63. The zero-order chi connectivity index (χ0) is 14.8. The first-order valence-corrected chi connectivity index (χ1v) is 9.81. The topological polar surface area (TPSA) is 20.2 Å². The summed E-state index contributed by atoms with van der Waals surface area (Å²) in [6.45, 7) is 4.90. The molecule has 4 rings (SSSR count). The van der Waals surface area contributed by atoms with Crippen molar-refractivity contribution < 1.29 is 5.11 Å². The van der Waals surface area contributed by atoms with Gasteiger partial charge in [-0.2, -0.15) is 0 Å². The molecule has 0 aromatic rings. The van der Waals surface area contributed by atoms with E-state index in [4.69, 9.17) is 0 Å². The van der Waals surface area contributed by atoms with Crippen molar-refractivity contribution in [2.45, 2.75) is 58.5 Å². The number of allylic oxidation sites excluding steroid dienone is 3. The van der Waals surface area contributed by atoms with E-state index in [2.05, 4.69) is 48.6 Å². The van der Waals surface area contributed by atoms with Crippen LogP contribution in [0.15, 0.2) is 21.3 Å². The quantitative estimate of drug-likeness (QED) is 0.445. The van der Waals surface area contributed by atoms with Crippen LogP contribution in [0.25, 0.3) is 0 Å². The molecule has 0 aliphatic heterocycles. The number of aliphatic hydroxyl groups excluding tert-OH is 1. The van der Waals surface area contributed by atoms with Crippen LogP contribution in [0.4, 0.5) is 0 Å². The molecule has 2 heteroatoms. The molecule has 0 radical (unpaired) electrons. The van der Waals surface area contributed by atoms with Crippen molar-refractivity contribution in [3.05, 3.63) is 21.3 Å². The molecule has 1 nitrogen and oxygen atoms in total. The van der Waals surface area contributed by atoms with Crippen LogP contribution in [0, 0.1) is 35.0 Å². The van der Waals surface area contributed by atoms with Gasteiger partial charge >= 0.3 is 0 Å². The maximum Gasteiger partial charge on any atom is 0.0580 e. The molecule has 0 aromatic heterocycles. The summed E-state index contributed by atoms with van der Waals surface area (Å²) in [6, 6.07) is 0. The molecular weight excluding hydrogens is 371 g/mol. The van der Waals surface area contributed by atoms with Gasteiger partial charge < -0.3 is 5.11 Å². The van der Waals surface area contributed by atoms with Crippen molar-refractivity contribution in [1.29, 1.82) is 0 Å². The van der Waals surface area contributed by atoms with Gasteiger partial charge in [-0.25, -0.2) is 0 Å². The summed E-state index contributed by atoms with van der Waals surface area (Å²) in [5, 5.41) is 10.1. The fourth-order valence-corrected chi connectivity index (χ4v) is 7.18. The molecule has 0 spiro atoms. The molecule has 7 atom stereocenters. The van der Waals surface area contributed by atoms with E-state index in [0.717, 1.165) is 36.5 Å². The highest BCUT2D eigenvalue weighted by Gasteiger charge is 2.53. The van der Waals surface area contributed by atoms with Crippen LogP contribution in [-0.2, 0) is 0 Å². The molecule has 0 aromatic carbocycles. The average Bonchev–Trinajstić information content (AvgIpc) is 2.74. The lowest BCUT2D eigenvalue weighted by atomic mass is 9.51. The number of hydrogen-bond acceptors (Lipinski definition) is 1. The normalized spacial score (nSPS) is 52.4. The van der Waals surface area contributed by atoms with Gasteiger partial charge in [0.05, 0.1) is 6.10 Å². The lowest BCUT2D eigenvalue weighted by Gasteiger charge is -2.54. The predicted octanol–water partition coefficient (Wildman–Crippen LogP) is 5.09. The van der Waals surface area contributed by atoms with Crippen LogP contribution < -0.4 is 0 Å². The summed E-state index contributed by atoms with van der Waals surface area (Å²) in [7, 11) is 0. The highest BCUT2D eigenvalue weighted by molar-refractivity contribution is 14.1. The Morgan fingerprint density at radius 3 is 2.86 bits per heavy atom. The van der Waals surface area contributed by atoms with Gasteiger partial charge in [0.25, 0.3) is 0 Å². The van der Waals surface area contributed by atoms with E-state index < -0.39 is 0 Å². The Bertz CT molecular complexity index is 508. The Labute approximate surface area is 142 Å². The van der Waals surface area contributed by atoms with Crippen LogP contribution in [-0.4, -0.2) is 11.2 Å². The first kappa shape index (κ1) is 14.7. The molecule has 0 bridgehead atoms. The molecule has 0 saturated heterocycles. The first-order valence-electron chi connectivity index (χ1n) is 8.74. The van der Waals surface area contributed by atoms with Crippen molar-refractivity contribution in [3.8, 4) is 0 Å². The van der Waals surface area contributed by atoms with Gasteiger partial charge in [-0.3, -0.25) is 0 Å². The van der Waals surface area contributed by atoms with Crippen LogP contribution in [0.2, 0.25) is 0 Å². The Kier molecular flexibility index (Phi) is 3.57. The fourth-order valence-electron chi connectivity index (χ4n) is 6.25. The Morgan fingerprint density at radius 2 is 2.05 bits per heavy atom. The van der Waals surface area contributed by atoms with Crippen molar-refractivity contribution in [2.24, 2.45) is 35.0 Å². The van der Waals surface area contributed by atoms with E-state index in [0.29, 0.717) is 11.3 Å². The Morgan fingerprint density at radius 1 is 1.24 bits per heavy atom. The Hall–Kier alpha value is 0.170. The molecule has 116 valence electrons. The lowest BCUT2D eigenvalue weighted by Crippen LogP contribution is -2.47. The van der Waals surface area contributed by atoms with E-state index in [1.165, 1.54) is 25.7 Å². The average molecular weight is 398 g/mol. The van der Waals surface area contributed by atoms with E-state index in [1.807, 2.05) is 0 Å². The van der Waals surface area contributed by atoms with Crippen LogP contribution >= 0.6 is 22.6 Å². The van der Waals surface area contributed by atoms with Gasteiger partial charge in [0.15, 0.2) is 0 Å². The van der Waals surface area contributed by atoms with E-state index in [1.54, 1.807) is 9.15 Å². The summed E-state index contributed by atoms with van der Waals surface area (Å²) in [4.78, 5) is 0. The molecule has 1 unspecified atom stereocenters. The Balaban J connectivity index is 1.65. The van der Waals surface area contributed by atoms with Crippen LogP contribution in [0.5, 0.6) is 0 Å². The molecule has 21 heavy (non-hydrogen) atoms. The lowest BCUT2D eigenvalue weighted by molar-refractivity contribution is -0.00469. The van der Waals surface area contributed by atoms with Gasteiger partial charge in [-0.05, 0) is 94.3 Å². The summed E-state index contributed by atoms with van der Waals surface area (Å²) in [5.74, 6) is 4.10. The minimum atomic E-state index is -0.0815. The zero-order valence-electron chi connectivity index (χ0n) is 13.2. The zero-order valence-corrected chi connectivity index (χ0v) is 15.3. The molecule has 2 fully saturated rings. The second kappa shape index (κ2) is 5.09. The third kappa shape index (κ3) is 2.11. The third-order valence-corrected chi connectivity index (χ3v) is 8.92. The maximum atomic E-state index is 10.1. The van der Waals surface area contributed by atoms with Crippen molar-refractivity contribution in [3.63, 3.8) is 0 Å². The molecule has 4 aliphatic rings. The first-order chi connectivity index (χ1) is 10.0. The number of fused-ring (bicyclic) bond motifs is 5. The molecule has 0 heterocycles. The number of aliphatic hydroxyl groups is 1. The fraction of sp³-hybridized carbons (Fsp3) is 0.789. The highest BCUT2D eigenvalue weighted by Crippen LogP contribution is 2.63. The number of hydrogen-bond donors (Lipinski definition) is 1. The monoisotopic (exact) mass is 398 g/mol. The smallest absolute Gasteiger partial charge is 0.0580 e. The largest absolute Gasteiger partial charge is 0.393 e. The van der Waals surface area contributed by atoms with E-state index in [-0.39, 0.29) is 6.10 Å².